The fourth-order valence-electron chi connectivity index (χ4n) is 1.82. The standard InChI is InChI=1S/C14H15N3O2S/c1-2-3-8-13-16-12(17-19-13)9-20-14-15-10-6-4-5-7-11(10)18-14/h4-7H,2-3,8-9H2,1H3. The molecule has 20 heavy (non-hydrogen) atoms. The Morgan fingerprint density at radius 1 is 1.20 bits per heavy atom. The molecule has 3 rings (SSSR count). The number of unbranched alkanes of at least 4 members (excludes halogenated alkanes) is 1. The molecule has 0 radical (unpaired) electrons. The number of nitrogens with zero attached hydrogens (tertiary/aromatic N) is 3. The molecule has 0 unspecified atom stereocenters. The molecule has 0 aliphatic rings. The van der Waals surface area contributed by atoms with Gasteiger partial charge in [0.1, 0.15) is 5.52 Å². The smallest absolute Gasteiger partial charge is 0.257 e. The first-order valence-corrected chi connectivity index (χ1v) is 7.63. The predicted octanol–water partition coefficient (Wildman–Crippen LogP) is 3.85. The maximum Gasteiger partial charge on any atom is 0.257 e. The molecule has 0 aliphatic heterocycles. The third-order valence-electron chi connectivity index (χ3n) is 2.85. The first kappa shape index (κ1) is 13.2. The zero-order chi connectivity index (χ0) is 13.8. The van der Waals surface area contributed by atoms with Gasteiger partial charge in [-0.25, -0.2) is 4.98 Å². The largest absolute Gasteiger partial charge is 0.431 e. The van der Waals surface area contributed by atoms with Crippen molar-refractivity contribution < 1.29 is 8.94 Å². The number of benzene rings is 1. The van der Waals surface area contributed by atoms with Crippen LogP contribution in [0, 0.1) is 0 Å². The van der Waals surface area contributed by atoms with Crippen LogP contribution in [-0.4, -0.2) is 15.1 Å². The van der Waals surface area contributed by atoms with Crippen LogP contribution in [0.5, 0.6) is 0 Å². The van der Waals surface area contributed by atoms with Crippen LogP contribution in [0.1, 0.15) is 31.5 Å². The Hall–Kier alpha value is -1.82. The van der Waals surface area contributed by atoms with E-state index in [9.17, 15) is 0 Å². The van der Waals surface area contributed by atoms with Crippen molar-refractivity contribution in [2.75, 3.05) is 0 Å². The first-order valence-electron chi connectivity index (χ1n) is 6.65. The van der Waals surface area contributed by atoms with Crippen molar-refractivity contribution in [3.63, 3.8) is 0 Å². The van der Waals surface area contributed by atoms with Gasteiger partial charge in [0.25, 0.3) is 5.22 Å². The van der Waals surface area contributed by atoms with Crippen molar-refractivity contribution in [3.05, 3.63) is 36.0 Å². The second kappa shape index (κ2) is 6.09. The lowest BCUT2D eigenvalue weighted by Crippen LogP contribution is -1.87. The number of para-hydroxylation sites is 2. The summed E-state index contributed by atoms with van der Waals surface area (Å²) in [6, 6.07) is 7.71. The lowest BCUT2D eigenvalue weighted by molar-refractivity contribution is 0.371. The van der Waals surface area contributed by atoms with Crippen LogP contribution in [0.15, 0.2) is 38.4 Å². The second-order valence-corrected chi connectivity index (χ2v) is 5.37. The summed E-state index contributed by atoms with van der Waals surface area (Å²) in [5, 5.41) is 4.59. The number of oxazole rings is 1. The number of rotatable bonds is 6. The third kappa shape index (κ3) is 3.01. The van der Waals surface area contributed by atoms with Crippen molar-refractivity contribution in [2.45, 2.75) is 37.2 Å². The average Bonchev–Trinajstić information content (AvgIpc) is 3.09. The molecule has 2 heterocycles. The molecular weight excluding hydrogens is 274 g/mol. The quantitative estimate of drug-likeness (QED) is 0.642. The van der Waals surface area contributed by atoms with Crippen molar-refractivity contribution in [1.29, 1.82) is 0 Å². The minimum atomic E-state index is 0.600. The van der Waals surface area contributed by atoms with Crippen LogP contribution < -0.4 is 0 Å². The Morgan fingerprint density at radius 3 is 2.95 bits per heavy atom. The summed E-state index contributed by atoms with van der Waals surface area (Å²) >= 11 is 1.47. The summed E-state index contributed by atoms with van der Waals surface area (Å²) in [6.07, 6.45) is 3.03. The van der Waals surface area contributed by atoms with Gasteiger partial charge in [-0.2, -0.15) is 4.98 Å². The summed E-state index contributed by atoms with van der Waals surface area (Å²) < 4.78 is 10.8. The van der Waals surface area contributed by atoms with Crippen LogP contribution in [0.25, 0.3) is 11.1 Å². The highest BCUT2D eigenvalue weighted by atomic mass is 32.2. The molecule has 0 N–H and O–H groups in total. The Bertz CT molecular complexity index is 659. The van der Waals surface area contributed by atoms with E-state index in [1.54, 1.807) is 0 Å². The summed E-state index contributed by atoms with van der Waals surface area (Å²) in [4.78, 5) is 8.74. The van der Waals surface area contributed by atoms with Crippen molar-refractivity contribution >= 4 is 22.9 Å². The van der Waals surface area contributed by atoms with Gasteiger partial charge in [0.15, 0.2) is 11.4 Å². The summed E-state index contributed by atoms with van der Waals surface area (Å²) in [6.45, 7) is 2.14. The van der Waals surface area contributed by atoms with Gasteiger partial charge in [-0.1, -0.05) is 42.4 Å². The van der Waals surface area contributed by atoms with E-state index < -0.39 is 0 Å². The molecule has 0 bridgehead atoms. The number of hydrogen-bond donors (Lipinski definition) is 0. The molecule has 0 aliphatic carbocycles. The molecule has 0 atom stereocenters. The Balaban J connectivity index is 1.62. The van der Waals surface area contributed by atoms with E-state index in [2.05, 4.69) is 22.0 Å². The second-order valence-electron chi connectivity index (χ2n) is 4.44. The molecule has 3 aromatic rings. The van der Waals surface area contributed by atoms with Gasteiger partial charge in [0.2, 0.25) is 5.89 Å². The van der Waals surface area contributed by atoms with E-state index in [1.807, 2.05) is 24.3 Å². The fourth-order valence-corrected chi connectivity index (χ4v) is 2.50. The number of fused-ring (bicyclic) bond motifs is 1. The molecular formula is C14H15N3O2S. The van der Waals surface area contributed by atoms with Gasteiger partial charge in [-0.3, -0.25) is 0 Å². The molecule has 0 spiro atoms. The monoisotopic (exact) mass is 289 g/mol. The molecule has 0 saturated heterocycles. The minimum Gasteiger partial charge on any atom is -0.431 e. The zero-order valence-electron chi connectivity index (χ0n) is 11.2. The Kier molecular flexibility index (Phi) is 4.01. The molecule has 5 nitrogen and oxygen atoms in total. The fraction of sp³-hybridized carbons (Fsp3) is 0.357. The van der Waals surface area contributed by atoms with E-state index in [0.717, 1.165) is 30.4 Å². The first-order chi connectivity index (χ1) is 9.85. The van der Waals surface area contributed by atoms with Crippen LogP contribution >= 0.6 is 11.8 Å². The highest BCUT2D eigenvalue weighted by Gasteiger charge is 2.10. The lowest BCUT2D eigenvalue weighted by Gasteiger charge is -1.90. The summed E-state index contributed by atoms with van der Waals surface area (Å²) in [5.74, 6) is 1.99. The Labute approximate surface area is 120 Å². The molecule has 1 aromatic carbocycles. The predicted molar refractivity (Wildman–Crippen MR) is 76.5 cm³/mol. The van der Waals surface area contributed by atoms with E-state index in [1.165, 1.54) is 11.8 Å². The van der Waals surface area contributed by atoms with Gasteiger partial charge < -0.3 is 8.94 Å². The van der Waals surface area contributed by atoms with E-state index in [0.29, 0.717) is 22.7 Å². The van der Waals surface area contributed by atoms with E-state index in [-0.39, 0.29) is 0 Å². The lowest BCUT2D eigenvalue weighted by atomic mass is 10.2. The molecule has 0 amide bonds. The minimum absolute atomic E-state index is 0.600. The van der Waals surface area contributed by atoms with Crippen LogP contribution in [0.2, 0.25) is 0 Å². The maximum absolute atomic E-state index is 5.63. The van der Waals surface area contributed by atoms with Gasteiger partial charge in [-0.15, -0.1) is 0 Å². The van der Waals surface area contributed by atoms with Gasteiger partial charge in [-0.05, 0) is 18.6 Å². The molecule has 6 heteroatoms. The zero-order valence-corrected chi connectivity index (χ0v) is 12.0. The van der Waals surface area contributed by atoms with E-state index >= 15 is 0 Å². The molecule has 2 aromatic heterocycles. The number of thioether (sulfide) groups is 1. The molecule has 104 valence electrons. The Morgan fingerprint density at radius 2 is 2.10 bits per heavy atom. The molecule has 0 saturated carbocycles. The van der Waals surface area contributed by atoms with Crippen molar-refractivity contribution in [1.82, 2.24) is 15.1 Å². The van der Waals surface area contributed by atoms with Crippen LogP contribution in [-0.2, 0) is 12.2 Å². The van der Waals surface area contributed by atoms with Gasteiger partial charge >= 0.3 is 0 Å². The number of hydrogen-bond acceptors (Lipinski definition) is 6. The summed E-state index contributed by atoms with van der Waals surface area (Å²) in [5.41, 5.74) is 1.67. The topological polar surface area (TPSA) is 65.0 Å². The van der Waals surface area contributed by atoms with Crippen molar-refractivity contribution in [3.8, 4) is 0 Å². The average molecular weight is 289 g/mol. The summed E-state index contributed by atoms with van der Waals surface area (Å²) in [7, 11) is 0. The number of aryl methyl sites for hydroxylation is 1. The van der Waals surface area contributed by atoms with E-state index in [4.69, 9.17) is 8.94 Å². The highest BCUT2D eigenvalue weighted by Crippen LogP contribution is 2.25. The van der Waals surface area contributed by atoms with Gasteiger partial charge in [0, 0.05) is 6.42 Å². The maximum atomic E-state index is 5.63. The number of aromatic nitrogens is 3. The highest BCUT2D eigenvalue weighted by molar-refractivity contribution is 7.98. The normalized spacial score (nSPS) is 11.2. The SMILES string of the molecule is CCCCc1nc(CSc2nc3ccccc3o2)no1. The third-order valence-corrected chi connectivity index (χ3v) is 3.68. The van der Waals surface area contributed by atoms with Crippen LogP contribution in [0.4, 0.5) is 0 Å². The van der Waals surface area contributed by atoms with Crippen LogP contribution in [0.3, 0.4) is 0 Å². The van der Waals surface area contributed by atoms with Gasteiger partial charge in [0.05, 0.1) is 5.75 Å². The van der Waals surface area contributed by atoms with Crippen molar-refractivity contribution in [2.24, 2.45) is 0 Å². The molecule has 0 fully saturated rings.